The van der Waals surface area contributed by atoms with Crippen molar-refractivity contribution in [1.29, 1.82) is 0 Å². The zero-order chi connectivity index (χ0) is 8.10. The molecule has 1 heterocycles. The molecule has 0 spiro atoms. The van der Waals surface area contributed by atoms with Crippen LogP contribution >= 0.6 is 0 Å². The SMILES string of the molecule is CCCn1ncnc1CNN. The number of rotatable bonds is 4. The quantitative estimate of drug-likeness (QED) is 0.460. The molecule has 5 heteroatoms. The zero-order valence-corrected chi connectivity index (χ0v) is 6.62. The number of aromatic nitrogens is 3. The van der Waals surface area contributed by atoms with Gasteiger partial charge in [-0.2, -0.15) is 5.10 Å². The number of hydrazine groups is 1. The van der Waals surface area contributed by atoms with Gasteiger partial charge in [0.1, 0.15) is 12.2 Å². The number of nitrogens with one attached hydrogen (secondary N) is 1. The molecule has 0 atom stereocenters. The van der Waals surface area contributed by atoms with Crippen LogP contribution in [0.1, 0.15) is 19.2 Å². The van der Waals surface area contributed by atoms with E-state index in [1.807, 2.05) is 4.68 Å². The fourth-order valence-electron chi connectivity index (χ4n) is 0.915. The van der Waals surface area contributed by atoms with Crippen LogP contribution in [0.3, 0.4) is 0 Å². The molecule has 11 heavy (non-hydrogen) atoms. The minimum Gasteiger partial charge on any atom is -0.271 e. The van der Waals surface area contributed by atoms with E-state index in [2.05, 4.69) is 22.4 Å². The highest BCUT2D eigenvalue weighted by Gasteiger charge is 1.99. The third-order valence-electron chi connectivity index (χ3n) is 1.39. The lowest BCUT2D eigenvalue weighted by Gasteiger charge is -2.01. The van der Waals surface area contributed by atoms with Gasteiger partial charge in [0, 0.05) is 6.54 Å². The molecule has 0 aliphatic heterocycles. The molecule has 0 fully saturated rings. The maximum atomic E-state index is 5.15. The summed E-state index contributed by atoms with van der Waals surface area (Å²) < 4.78 is 1.85. The van der Waals surface area contributed by atoms with Crippen molar-refractivity contribution in [2.75, 3.05) is 0 Å². The van der Waals surface area contributed by atoms with Crippen LogP contribution in [-0.2, 0) is 13.1 Å². The number of hydrogen-bond acceptors (Lipinski definition) is 4. The van der Waals surface area contributed by atoms with Crippen molar-refractivity contribution in [2.45, 2.75) is 26.4 Å². The van der Waals surface area contributed by atoms with Gasteiger partial charge in [-0.1, -0.05) is 6.92 Å². The Morgan fingerprint density at radius 1 is 1.73 bits per heavy atom. The third kappa shape index (κ3) is 1.99. The summed E-state index contributed by atoms with van der Waals surface area (Å²) in [6.45, 7) is 3.57. The van der Waals surface area contributed by atoms with Gasteiger partial charge in [0.2, 0.25) is 0 Å². The summed E-state index contributed by atoms with van der Waals surface area (Å²) in [5.41, 5.74) is 2.55. The van der Waals surface area contributed by atoms with Gasteiger partial charge in [-0.25, -0.2) is 9.67 Å². The first-order valence-electron chi connectivity index (χ1n) is 3.68. The van der Waals surface area contributed by atoms with Crippen molar-refractivity contribution < 1.29 is 0 Å². The smallest absolute Gasteiger partial charge is 0.142 e. The first-order chi connectivity index (χ1) is 5.38. The van der Waals surface area contributed by atoms with Crippen LogP contribution in [-0.4, -0.2) is 14.8 Å². The van der Waals surface area contributed by atoms with Crippen LogP contribution in [0.4, 0.5) is 0 Å². The van der Waals surface area contributed by atoms with Crippen LogP contribution < -0.4 is 11.3 Å². The molecule has 1 rings (SSSR count). The van der Waals surface area contributed by atoms with Crippen LogP contribution in [0.2, 0.25) is 0 Å². The van der Waals surface area contributed by atoms with E-state index in [4.69, 9.17) is 5.84 Å². The van der Waals surface area contributed by atoms with Gasteiger partial charge in [-0.15, -0.1) is 0 Å². The average molecular weight is 155 g/mol. The topological polar surface area (TPSA) is 68.8 Å². The van der Waals surface area contributed by atoms with Gasteiger partial charge in [0.25, 0.3) is 0 Å². The van der Waals surface area contributed by atoms with Crippen molar-refractivity contribution in [3.63, 3.8) is 0 Å². The predicted octanol–water partition coefficient (Wildman–Crippen LogP) is -0.349. The maximum Gasteiger partial charge on any atom is 0.142 e. The highest BCUT2D eigenvalue weighted by atomic mass is 15.4. The molecular weight excluding hydrogens is 142 g/mol. The second kappa shape index (κ2) is 4.05. The molecule has 0 amide bonds. The van der Waals surface area contributed by atoms with Crippen LogP contribution in [0.25, 0.3) is 0 Å². The molecule has 0 saturated heterocycles. The van der Waals surface area contributed by atoms with E-state index in [0.29, 0.717) is 6.54 Å². The standard InChI is InChI=1S/C6H13N5/c1-2-3-11-6(4-9-7)8-5-10-11/h5,9H,2-4,7H2,1H3. The molecule has 0 saturated carbocycles. The second-order valence-electron chi connectivity index (χ2n) is 2.28. The van der Waals surface area contributed by atoms with Crippen LogP contribution in [0.15, 0.2) is 6.33 Å². The van der Waals surface area contributed by atoms with E-state index in [1.165, 1.54) is 0 Å². The Morgan fingerprint density at radius 3 is 3.18 bits per heavy atom. The summed E-state index contributed by atoms with van der Waals surface area (Å²) in [4.78, 5) is 4.03. The fourth-order valence-corrected chi connectivity index (χ4v) is 0.915. The van der Waals surface area contributed by atoms with Crippen molar-refractivity contribution in [1.82, 2.24) is 20.2 Å². The zero-order valence-electron chi connectivity index (χ0n) is 6.62. The normalized spacial score (nSPS) is 10.4. The van der Waals surface area contributed by atoms with E-state index in [-0.39, 0.29) is 0 Å². The van der Waals surface area contributed by atoms with Gasteiger partial charge >= 0.3 is 0 Å². The summed E-state index contributed by atoms with van der Waals surface area (Å²) in [5.74, 6) is 6.04. The van der Waals surface area contributed by atoms with Crippen LogP contribution in [0, 0.1) is 0 Å². The molecule has 0 aliphatic rings. The van der Waals surface area contributed by atoms with Crippen molar-refractivity contribution in [2.24, 2.45) is 5.84 Å². The molecule has 0 aromatic carbocycles. The molecular formula is C6H13N5. The molecule has 62 valence electrons. The third-order valence-corrected chi connectivity index (χ3v) is 1.39. The Bertz CT molecular complexity index is 186. The molecule has 0 bridgehead atoms. The highest BCUT2D eigenvalue weighted by molar-refractivity contribution is 4.82. The minimum atomic E-state index is 0.569. The largest absolute Gasteiger partial charge is 0.271 e. The van der Waals surface area contributed by atoms with Gasteiger partial charge in [-0.05, 0) is 6.42 Å². The predicted molar refractivity (Wildman–Crippen MR) is 41.3 cm³/mol. The van der Waals surface area contributed by atoms with Gasteiger partial charge < -0.3 is 0 Å². The number of nitrogens with zero attached hydrogens (tertiary/aromatic N) is 3. The Kier molecular flexibility index (Phi) is 3.00. The van der Waals surface area contributed by atoms with Crippen molar-refractivity contribution in [3.05, 3.63) is 12.2 Å². The van der Waals surface area contributed by atoms with E-state index < -0.39 is 0 Å². The Hall–Kier alpha value is -0.940. The monoisotopic (exact) mass is 155 g/mol. The highest BCUT2D eigenvalue weighted by Crippen LogP contribution is 1.93. The lowest BCUT2D eigenvalue weighted by Crippen LogP contribution is -2.23. The molecule has 0 radical (unpaired) electrons. The van der Waals surface area contributed by atoms with Gasteiger partial charge in [0.05, 0.1) is 6.54 Å². The molecule has 1 aromatic rings. The van der Waals surface area contributed by atoms with E-state index in [1.54, 1.807) is 6.33 Å². The summed E-state index contributed by atoms with van der Waals surface area (Å²) in [6, 6.07) is 0. The molecule has 5 nitrogen and oxygen atoms in total. The molecule has 1 aromatic heterocycles. The lowest BCUT2D eigenvalue weighted by atomic mass is 10.5. The van der Waals surface area contributed by atoms with E-state index >= 15 is 0 Å². The summed E-state index contributed by atoms with van der Waals surface area (Å²) in [7, 11) is 0. The number of nitrogens with two attached hydrogens (primary N) is 1. The lowest BCUT2D eigenvalue weighted by molar-refractivity contribution is 0.548. The number of hydrogen-bond donors (Lipinski definition) is 2. The van der Waals surface area contributed by atoms with Crippen molar-refractivity contribution >= 4 is 0 Å². The second-order valence-corrected chi connectivity index (χ2v) is 2.28. The van der Waals surface area contributed by atoms with Crippen molar-refractivity contribution in [3.8, 4) is 0 Å². The minimum absolute atomic E-state index is 0.569. The summed E-state index contributed by atoms with van der Waals surface area (Å²) in [6.07, 6.45) is 2.60. The van der Waals surface area contributed by atoms with Gasteiger partial charge in [-0.3, -0.25) is 11.3 Å². The van der Waals surface area contributed by atoms with E-state index in [9.17, 15) is 0 Å². The van der Waals surface area contributed by atoms with E-state index in [0.717, 1.165) is 18.8 Å². The molecule has 0 unspecified atom stereocenters. The van der Waals surface area contributed by atoms with Gasteiger partial charge in [0.15, 0.2) is 0 Å². The maximum absolute atomic E-state index is 5.15. The summed E-state index contributed by atoms with van der Waals surface area (Å²) in [5, 5.41) is 4.03. The first-order valence-corrected chi connectivity index (χ1v) is 3.68. The Morgan fingerprint density at radius 2 is 2.55 bits per heavy atom. The first kappa shape index (κ1) is 8.16. The number of aryl methyl sites for hydroxylation is 1. The van der Waals surface area contributed by atoms with Crippen LogP contribution in [0.5, 0.6) is 0 Å². The average Bonchev–Trinajstić information content (AvgIpc) is 2.39. The molecule has 3 N–H and O–H groups in total. The Balaban J connectivity index is 2.62. The molecule has 0 aliphatic carbocycles. The summed E-state index contributed by atoms with van der Waals surface area (Å²) >= 11 is 0. The fraction of sp³-hybridized carbons (Fsp3) is 0.667. The Labute approximate surface area is 65.6 Å².